The Bertz CT molecular complexity index is 632. The fraction of sp³-hybridized carbons (Fsp3) is 0.636. The summed E-state index contributed by atoms with van der Waals surface area (Å²) in [7, 11) is 0. The first-order valence-electron chi connectivity index (χ1n) is 10.5. The van der Waals surface area contributed by atoms with Crippen LogP contribution < -0.4 is 10.6 Å². The maximum absolute atomic E-state index is 12.1. The van der Waals surface area contributed by atoms with Gasteiger partial charge in [0, 0.05) is 19.0 Å². The zero-order valence-electron chi connectivity index (χ0n) is 16.5. The molecule has 2 aliphatic rings. The van der Waals surface area contributed by atoms with Crippen LogP contribution in [0.5, 0.6) is 0 Å². The average Bonchev–Trinajstić information content (AvgIpc) is 3.22. The van der Waals surface area contributed by atoms with Crippen molar-refractivity contribution in [1.29, 1.82) is 0 Å². The normalized spacial score (nSPS) is 19.1. The molecule has 1 aromatic rings. The first kappa shape index (κ1) is 19.9. The molecular weight excluding hydrogens is 338 g/mol. The molecule has 5 heteroatoms. The molecule has 5 nitrogen and oxygen atoms in total. The van der Waals surface area contributed by atoms with Crippen LogP contribution in [-0.4, -0.2) is 36.3 Å². The second-order valence-electron chi connectivity index (χ2n) is 8.20. The SMILES string of the molecule is CC1CCN(Cc2ccccc2CNC(=O)CNC(=O)C2CCCC2)CC1. The van der Waals surface area contributed by atoms with Crippen LogP contribution >= 0.6 is 0 Å². The second-order valence-corrected chi connectivity index (χ2v) is 8.20. The molecule has 0 unspecified atom stereocenters. The number of nitrogens with one attached hydrogen (secondary N) is 2. The van der Waals surface area contributed by atoms with Crippen molar-refractivity contribution in [1.82, 2.24) is 15.5 Å². The van der Waals surface area contributed by atoms with E-state index in [2.05, 4.69) is 40.7 Å². The minimum atomic E-state index is -0.122. The lowest BCUT2D eigenvalue weighted by molar-refractivity contribution is -0.128. The molecule has 0 radical (unpaired) electrons. The standard InChI is InChI=1S/C22H33N3O2/c1-17-10-12-25(13-11-17)16-20-9-5-4-8-19(20)14-23-21(26)15-24-22(27)18-6-2-3-7-18/h4-5,8-9,17-18H,2-3,6-7,10-16H2,1H3,(H,23,26)(H,24,27). The van der Waals surface area contributed by atoms with Gasteiger partial charge in [-0.2, -0.15) is 0 Å². The van der Waals surface area contributed by atoms with Gasteiger partial charge in [-0.05, 0) is 55.8 Å². The van der Waals surface area contributed by atoms with Gasteiger partial charge in [0.25, 0.3) is 0 Å². The number of amides is 2. The van der Waals surface area contributed by atoms with Gasteiger partial charge in [-0.3, -0.25) is 14.5 Å². The van der Waals surface area contributed by atoms with Gasteiger partial charge in [0.2, 0.25) is 11.8 Å². The van der Waals surface area contributed by atoms with Gasteiger partial charge in [0.1, 0.15) is 0 Å². The van der Waals surface area contributed by atoms with Crippen LogP contribution in [0.3, 0.4) is 0 Å². The van der Waals surface area contributed by atoms with Crippen molar-refractivity contribution < 1.29 is 9.59 Å². The number of rotatable bonds is 7. The summed E-state index contributed by atoms with van der Waals surface area (Å²) in [5, 5.41) is 5.74. The third-order valence-corrected chi connectivity index (χ3v) is 6.01. The van der Waals surface area contributed by atoms with E-state index < -0.39 is 0 Å². The van der Waals surface area contributed by atoms with Crippen LogP contribution in [0.1, 0.15) is 56.6 Å². The van der Waals surface area contributed by atoms with Crippen LogP contribution in [0.2, 0.25) is 0 Å². The van der Waals surface area contributed by atoms with Gasteiger partial charge in [-0.25, -0.2) is 0 Å². The van der Waals surface area contributed by atoms with E-state index in [1.165, 1.54) is 18.4 Å². The first-order valence-corrected chi connectivity index (χ1v) is 10.5. The zero-order valence-corrected chi connectivity index (χ0v) is 16.5. The molecule has 1 saturated carbocycles. The van der Waals surface area contributed by atoms with Crippen molar-refractivity contribution in [2.45, 2.75) is 58.5 Å². The summed E-state index contributed by atoms with van der Waals surface area (Å²) in [6.07, 6.45) is 6.68. The number of nitrogens with zero attached hydrogens (tertiary/aromatic N) is 1. The summed E-state index contributed by atoms with van der Waals surface area (Å²) in [5.74, 6) is 0.839. The number of benzene rings is 1. The fourth-order valence-corrected chi connectivity index (χ4v) is 4.10. The molecular formula is C22H33N3O2. The average molecular weight is 372 g/mol. The summed E-state index contributed by atoms with van der Waals surface area (Å²) in [4.78, 5) is 26.7. The molecule has 0 bridgehead atoms. The Morgan fingerprint density at radius 1 is 1.00 bits per heavy atom. The van der Waals surface area contributed by atoms with Crippen molar-refractivity contribution in [2.75, 3.05) is 19.6 Å². The summed E-state index contributed by atoms with van der Waals surface area (Å²) < 4.78 is 0. The van der Waals surface area contributed by atoms with Crippen molar-refractivity contribution >= 4 is 11.8 Å². The van der Waals surface area contributed by atoms with Crippen LogP contribution in [0.4, 0.5) is 0 Å². The van der Waals surface area contributed by atoms with Crippen LogP contribution in [0.15, 0.2) is 24.3 Å². The number of carbonyl (C=O) groups excluding carboxylic acids is 2. The highest BCUT2D eigenvalue weighted by atomic mass is 16.2. The molecule has 148 valence electrons. The van der Waals surface area contributed by atoms with Crippen molar-refractivity contribution in [3.05, 3.63) is 35.4 Å². The maximum atomic E-state index is 12.1. The lowest BCUT2D eigenvalue weighted by Crippen LogP contribution is -2.39. The topological polar surface area (TPSA) is 61.4 Å². The Kier molecular flexibility index (Phi) is 7.27. The van der Waals surface area contributed by atoms with Gasteiger partial charge in [0.15, 0.2) is 0 Å². The van der Waals surface area contributed by atoms with Gasteiger partial charge in [-0.15, -0.1) is 0 Å². The van der Waals surface area contributed by atoms with E-state index in [1.807, 2.05) is 6.07 Å². The van der Waals surface area contributed by atoms with E-state index in [-0.39, 0.29) is 24.3 Å². The number of piperidine rings is 1. The second kappa shape index (κ2) is 9.88. The van der Waals surface area contributed by atoms with Crippen LogP contribution in [0, 0.1) is 11.8 Å². The lowest BCUT2D eigenvalue weighted by atomic mass is 9.98. The Morgan fingerprint density at radius 3 is 2.37 bits per heavy atom. The van der Waals surface area contributed by atoms with E-state index >= 15 is 0 Å². The molecule has 0 atom stereocenters. The quantitative estimate of drug-likeness (QED) is 0.775. The van der Waals surface area contributed by atoms with E-state index in [9.17, 15) is 9.59 Å². The van der Waals surface area contributed by atoms with Gasteiger partial charge in [-0.1, -0.05) is 44.0 Å². The summed E-state index contributed by atoms with van der Waals surface area (Å²) >= 11 is 0. The molecule has 1 saturated heterocycles. The molecule has 27 heavy (non-hydrogen) atoms. The molecule has 0 aromatic heterocycles. The molecule has 2 amide bonds. The van der Waals surface area contributed by atoms with Gasteiger partial charge >= 0.3 is 0 Å². The highest BCUT2D eigenvalue weighted by Crippen LogP contribution is 2.24. The molecule has 1 heterocycles. The summed E-state index contributed by atoms with van der Waals surface area (Å²) in [6, 6.07) is 8.32. The zero-order chi connectivity index (χ0) is 19.1. The van der Waals surface area contributed by atoms with Crippen LogP contribution in [-0.2, 0) is 22.7 Å². The van der Waals surface area contributed by atoms with E-state index in [0.717, 1.165) is 56.8 Å². The molecule has 2 N–H and O–H groups in total. The predicted molar refractivity (Wildman–Crippen MR) is 107 cm³/mol. The largest absolute Gasteiger partial charge is 0.350 e. The summed E-state index contributed by atoms with van der Waals surface area (Å²) in [5.41, 5.74) is 2.44. The Labute approximate surface area is 162 Å². The Balaban J connectivity index is 1.44. The Hall–Kier alpha value is -1.88. The predicted octanol–water partition coefficient (Wildman–Crippen LogP) is 2.84. The fourth-order valence-electron chi connectivity index (χ4n) is 4.10. The van der Waals surface area contributed by atoms with E-state index in [0.29, 0.717) is 6.54 Å². The molecule has 2 fully saturated rings. The minimum absolute atomic E-state index is 0.0300. The highest BCUT2D eigenvalue weighted by molar-refractivity contribution is 5.85. The van der Waals surface area contributed by atoms with Gasteiger partial charge < -0.3 is 10.6 Å². The number of hydrogen-bond donors (Lipinski definition) is 2. The van der Waals surface area contributed by atoms with E-state index in [4.69, 9.17) is 0 Å². The minimum Gasteiger partial charge on any atom is -0.350 e. The smallest absolute Gasteiger partial charge is 0.239 e. The van der Waals surface area contributed by atoms with Crippen molar-refractivity contribution in [3.8, 4) is 0 Å². The van der Waals surface area contributed by atoms with Crippen LogP contribution in [0.25, 0.3) is 0 Å². The molecule has 0 spiro atoms. The third kappa shape index (κ3) is 6.06. The number of carbonyl (C=O) groups is 2. The molecule has 1 aliphatic carbocycles. The maximum Gasteiger partial charge on any atom is 0.239 e. The summed E-state index contributed by atoms with van der Waals surface area (Å²) in [6.45, 7) is 6.15. The van der Waals surface area contributed by atoms with Crippen molar-refractivity contribution in [3.63, 3.8) is 0 Å². The van der Waals surface area contributed by atoms with Crippen molar-refractivity contribution in [2.24, 2.45) is 11.8 Å². The number of likely N-dealkylation sites (tertiary alicyclic amines) is 1. The Morgan fingerprint density at radius 2 is 1.67 bits per heavy atom. The number of hydrogen-bond acceptors (Lipinski definition) is 3. The van der Waals surface area contributed by atoms with E-state index in [1.54, 1.807) is 0 Å². The lowest BCUT2D eigenvalue weighted by Gasteiger charge is -2.30. The third-order valence-electron chi connectivity index (χ3n) is 6.01. The molecule has 1 aliphatic heterocycles. The van der Waals surface area contributed by atoms with Gasteiger partial charge in [0.05, 0.1) is 6.54 Å². The molecule has 1 aromatic carbocycles. The highest BCUT2D eigenvalue weighted by Gasteiger charge is 2.22. The molecule has 3 rings (SSSR count). The monoisotopic (exact) mass is 371 g/mol. The first-order chi connectivity index (χ1) is 13.1.